The van der Waals surface area contributed by atoms with Gasteiger partial charge in [-0.05, 0) is 12.7 Å². The summed E-state index contributed by atoms with van der Waals surface area (Å²) in [7, 11) is 0. The van der Waals surface area contributed by atoms with Crippen LogP contribution in [0.2, 0.25) is 0 Å². The number of guanidine groups is 1. The maximum absolute atomic E-state index is 7.15. The minimum absolute atomic E-state index is 0.219. The average molecular weight is 159 g/mol. The fourth-order valence-corrected chi connectivity index (χ4v) is 1.81. The third-order valence-corrected chi connectivity index (χ3v) is 2.87. The highest BCUT2D eigenvalue weighted by Crippen LogP contribution is 2.19. The van der Waals surface area contributed by atoms with Gasteiger partial charge in [0.2, 0.25) is 0 Å². The van der Waals surface area contributed by atoms with Crippen LogP contribution in [0.3, 0.4) is 0 Å². The van der Waals surface area contributed by atoms with Crippen molar-refractivity contribution in [2.24, 2.45) is 5.73 Å². The van der Waals surface area contributed by atoms with Gasteiger partial charge in [-0.25, -0.2) is 0 Å². The van der Waals surface area contributed by atoms with Crippen molar-refractivity contribution in [3.05, 3.63) is 0 Å². The molecule has 4 heteroatoms. The molecule has 0 radical (unpaired) electrons. The number of hydrogen-bond acceptors (Lipinski definition) is 2. The highest BCUT2D eigenvalue weighted by molar-refractivity contribution is 7.99. The summed E-state index contributed by atoms with van der Waals surface area (Å²) in [6, 6.07) is 0. The van der Waals surface area contributed by atoms with Crippen molar-refractivity contribution >= 4 is 17.7 Å². The zero-order valence-corrected chi connectivity index (χ0v) is 6.95. The van der Waals surface area contributed by atoms with E-state index >= 15 is 0 Å². The lowest BCUT2D eigenvalue weighted by Gasteiger charge is -2.14. The van der Waals surface area contributed by atoms with Gasteiger partial charge in [0.05, 0.1) is 0 Å². The highest BCUT2D eigenvalue weighted by Gasteiger charge is 2.21. The Morgan fingerprint density at radius 3 is 2.80 bits per heavy atom. The molecule has 1 heterocycles. The summed E-state index contributed by atoms with van der Waals surface area (Å²) < 4.78 is 0. The molecule has 1 unspecified atom stereocenters. The monoisotopic (exact) mass is 159 g/mol. The lowest BCUT2D eigenvalue weighted by molar-refractivity contribution is 0.511. The van der Waals surface area contributed by atoms with Crippen LogP contribution >= 0.6 is 11.8 Å². The molecule has 0 spiro atoms. The minimum atomic E-state index is 0.219. The predicted molar refractivity (Wildman–Crippen MR) is 45.4 cm³/mol. The van der Waals surface area contributed by atoms with Crippen molar-refractivity contribution < 1.29 is 0 Å². The van der Waals surface area contributed by atoms with Gasteiger partial charge in [-0.3, -0.25) is 5.41 Å². The summed E-state index contributed by atoms with van der Waals surface area (Å²) in [5.74, 6) is 0.219. The van der Waals surface area contributed by atoms with Crippen molar-refractivity contribution in [1.29, 1.82) is 5.41 Å². The van der Waals surface area contributed by atoms with Gasteiger partial charge >= 0.3 is 0 Å². The topological polar surface area (TPSA) is 53.1 Å². The second-order valence-corrected chi connectivity index (χ2v) is 3.62. The van der Waals surface area contributed by atoms with Gasteiger partial charge in [0.25, 0.3) is 0 Å². The maximum atomic E-state index is 7.15. The minimum Gasteiger partial charge on any atom is -0.370 e. The van der Waals surface area contributed by atoms with E-state index in [0.29, 0.717) is 5.25 Å². The number of likely N-dealkylation sites (tertiary alicyclic amines) is 1. The first-order valence-corrected chi connectivity index (χ1v) is 4.64. The molecule has 0 aromatic heterocycles. The fraction of sp³-hybridized carbons (Fsp3) is 0.833. The van der Waals surface area contributed by atoms with E-state index in [1.165, 1.54) is 6.42 Å². The van der Waals surface area contributed by atoms with Gasteiger partial charge in [-0.1, -0.05) is 0 Å². The highest BCUT2D eigenvalue weighted by atomic mass is 32.2. The van der Waals surface area contributed by atoms with Gasteiger partial charge in [0.15, 0.2) is 5.96 Å². The zero-order valence-electron chi connectivity index (χ0n) is 6.13. The van der Waals surface area contributed by atoms with Gasteiger partial charge in [0, 0.05) is 18.3 Å². The molecule has 0 bridgehead atoms. The first-order chi connectivity index (χ1) is 4.74. The third-order valence-electron chi connectivity index (χ3n) is 1.82. The molecule has 1 atom stereocenters. The Morgan fingerprint density at radius 2 is 2.50 bits per heavy atom. The summed E-state index contributed by atoms with van der Waals surface area (Å²) >= 11 is 1.86. The van der Waals surface area contributed by atoms with E-state index in [0.717, 1.165) is 13.1 Å². The van der Waals surface area contributed by atoms with Crippen LogP contribution in [0.15, 0.2) is 0 Å². The van der Waals surface area contributed by atoms with Crippen LogP contribution < -0.4 is 5.73 Å². The molecule has 0 aromatic rings. The number of rotatable bonds is 1. The number of thioether (sulfide) groups is 1. The predicted octanol–water partition coefficient (Wildman–Crippen LogP) is 0.317. The van der Waals surface area contributed by atoms with Crippen molar-refractivity contribution in [2.45, 2.75) is 11.7 Å². The number of nitrogens with one attached hydrogen (secondary N) is 1. The van der Waals surface area contributed by atoms with Gasteiger partial charge in [0.1, 0.15) is 0 Å². The molecule has 1 aliphatic rings. The van der Waals surface area contributed by atoms with Crippen LogP contribution in [-0.2, 0) is 0 Å². The molecule has 0 aliphatic carbocycles. The van der Waals surface area contributed by atoms with Gasteiger partial charge < -0.3 is 10.6 Å². The Balaban J connectivity index is 2.35. The SMILES string of the molecule is CSC1CCN(C(=N)N)C1. The van der Waals surface area contributed by atoms with Crippen molar-refractivity contribution in [2.75, 3.05) is 19.3 Å². The van der Waals surface area contributed by atoms with Crippen LogP contribution in [0.4, 0.5) is 0 Å². The number of hydrogen-bond donors (Lipinski definition) is 2. The smallest absolute Gasteiger partial charge is 0.188 e. The van der Waals surface area contributed by atoms with Crippen molar-refractivity contribution in [3.63, 3.8) is 0 Å². The number of nitrogens with zero attached hydrogens (tertiary/aromatic N) is 1. The Kier molecular flexibility index (Phi) is 2.43. The molecule has 10 heavy (non-hydrogen) atoms. The molecule has 0 aromatic carbocycles. The van der Waals surface area contributed by atoms with Crippen LogP contribution in [-0.4, -0.2) is 35.5 Å². The molecule has 58 valence electrons. The van der Waals surface area contributed by atoms with Gasteiger partial charge in [-0.2, -0.15) is 11.8 Å². The molecule has 0 amide bonds. The summed E-state index contributed by atoms with van der Waals surface area (Å²) in [6.07, 6.45) is 3.27. The normalized spacial score (nSPS) is 25.3. The maximum Gasteiger partial charge on any atom is 0.188 e. The summed E-state index contributed by atoms with van der Waals surface area (Å²) in [5, 5.41) is 7.84. The van der Waals surface area contributed by atoms with Gasteiger partial charge in [-0.15, -0.1) is 0 Å². The average Bonchev–Trinajstić information content (AvgIpc) is 2.34. The second kappa shape index (κ2) is 3.14. The van der Waals surface area contributed by atoms with Crippen LogP contribution in [0.5, 0.6) is 0 Å². The standard InChI is InChI=1S/C6H13N3S/c1-10-5-2-3-9(4-5)6(7)8/h5H,2-4H2,1H3,(H3,7,8). The molecule has 3 nitrogen and oxygen atoms in total. The van der Waals surface area contributed by atoms with E-state index in [1.54, 1.807) is 0 Å². The zero-order chi connectivity index (χ0) is 7.56. The lowest BCUT2D eigenvalue weighted by atomic mass is 10.4. The summed E-state index contributed by atoms with van der Waals surface area (Å²) in [4.78, 5) is 1.92. The van der Waals surface area contributed by atoms with Crippen LogP contribution in [0.25, 0.3) is 0 Å². The second-order valence-electron chi connectivity index (χ2n) is 2.48. The first kappa shape index (κ1) is 7.72. The van der Waals surface area contributed by atoms with E-state index in [1.807, 2.05) is 16.7 Å². The summed E-state index contributed by atoms with van der Waals surface area (Å²) in [5.41, 5.74) is 5.31. The first-order valence-electron chi connectivity index (χ1n) is 3.36. The number of nitrogens with two attached hydrogens (primary N) is 1. The Bertz CT molecular complexity index is 137. The van der Waals surface area contributed by atoms with E-state index < -0.39 is 0 Å². The lowest BCUT2D eigenvalue weighted by Crippen LogP contribution is -2.34. The molecule has 0 saturated carbocycles. The fourth-order valence-electron chi connectivity index (χ4n) is 1.14. The van der Waals surface area contributed by atoms with E-state index in [9.17, 15) is 0 Å². The Labute approximate surface area is 65.5 Å². The van der Waals surface area contributed by atoms with E-state index in [4.69, 9.17) is 11.1 Å². The van der Waals surface area contributed by atoms with Crippen LogP contribution in [0, 0.1) is 5.41 Å². The largest absolute Gasteiger partial charge is 0.370 e. The Morgan fingerprint density at radius 1 is 1.80 bits per heavy atom. The van der Waals surface area contributed by atoms with Crippen molar-refractivity contribution in [3.8, 4) is 0 Å². The molecular formula is C6H13N3S. The van der Waals surface area contributed by atoms with Crippen LogP contribution in [0.1, 0.15) is 6.42 Å². The quantitative estimate of drug-likeness (QED) is 0.428. The molecule has 1 saturated heterocycles. The van der Waals surface area contributed by atoms with Crippen molar-refractivity contribution in [1.82, 2.24) is 4.90 Å². The van der Waals surface area contributed by atoms with E-state index in [-0.39, 0.29) is 5.96 Å². The molecule has 3 N–H and O–H groups in total. The molecule has 1 aliphatic heterocycles. The Hall–Kier alpha value is -0.380. The third kappa shape index (κ3) is 1.56. The molecule has 1 fully saturated rings. The van der Waals surface area contributed by atoms with E-state index in [2.05, 4.69) is 6.26 Å². The molecular weight excluding hydrogens is 146 g/mol. The molecule has 1 rings (SSSR count). The summed E-state index contributed by atoms with van der Waals surface area (Å²) in [6.45, 7) is 1.91.